The Labute approximate surface area is 166 Å². The molecule has 0 saturated heterocycles. The van der Waals surface area contributed by atoms with Crippen LogP contribution in [0.25, 0.3) is 11.0 Å². The van der Waals surface area contributed by atoms with Gasteiger partial charge in [-0.3, -0.25) is 19.9 Å². The molecular formula is C19H17N5O4S. The average Bonchev–Trinajstić information content (AvgIpc) is 3.39. The highest BCUT2D eigenvalue weighted by atomic mass is 32.2. The third-order valence-corrected chi connectivity index (χ3v) is 6.18. The maximum atomic E-state index is 12.7. The van der Waals surface area contributed by atoms with Gasteiger partial charge in [-0.2, -0.15) is 5.10 Å². The highest BCUT2D eigenvalue weighted by Crippen LogP contribution is 2.22. The lowest BCUT2D eigenvalue weighted by Gasteiger charge is -2.06. The predicted octanol–water partition coefficient (Wildman–Crippen LogP) is 2.27. The second-order valence-corrected chi connectivity index (χ2v) is 8.16. The predicted molar refractivity (Wildman–Crippen MR) is 103 cm³/mol. The fourth-order valence-corrected chi connectivity index (χ4v) is 4.25. The van der Waals surface area contributed by atoms with Crippen molar-refractivity contribution in [2.45, 2.75) is 29.7 Å². The number of aryl methyl sites for hydroxylation is 1. The van der Waals surface area contributed by atoms with Gasteiger partial charge >= 0.3 is 0 Å². The van der Waals surface area contributed by atoms with Gasteiger partial charge in [0.1, 0.15) is 4.90 Å². The SMILES string of the molecule is CCc1n[nH]cc1S(=O)(=O)c1ccc(CNC(=O)c2cc3ccncc3o2)nc1. The van der Waals surface area contributed by atoms with E-state index in [2.05, 4.69) is 25.5 Å². The summed E-state index contributed by atoms with van der Waals surface area (Å²) >= 11 is 0. The Morgan fingerprint density at radius 3 is 2.83 bits per heavy atom. The molecule has 0 radical (unpaired) electrons. The summed E-state index contributed by atoms with van der Waals surface area (Å²) in [6.45, 7) is 1.96. The van der Waals surface area contributed by atoms with Crippen LogP contribution in [0.15, 0.2) is 63.3 Å². The number of sulfone groups is 1. The summed E-state index contributed by atoms with van der Waals surface area (Å²) in [6.07, 6.45) is 6.29. The third kappa shape index (κ3) is 3.61. The molecule has 0 aromatic carbocycles. The largest absolute Gasteiger partial charge is 0.449 e. The van der Waals surface area contributed by atoms with E-state index in [1.807, 2.05) is 6.92 Å². The molecule has 0 aliphatic heterocycles. The van der Waals surface area contributed by atoms with Crippen molar-refractivity contribution in [1.82, 2.24) is 25.5 Å². The van der Waals surface area contributed by atoms with Crippen LogP contribution in [0, 0.1) is 0 Å². The molecule has 0 bridgehead atoms. The van der Waals surface area contributed by atoms with E-state index >= 15 is 0 Å². The van der Waals surface area contributed by atoms with Crippen molar-refractivity contribution in [2.24, 2.45) is 0 Å². The minimum atomic E-state index is -3.71. The number of fused-ring (bicyclic) bond motifs is 1. The number of hydrogen-bond donors (Lipinski definition) is 2. The van der Waals surface area contributed by atoms with Gasteiger partial charge in [-0.1, -0.05) is 6.92 Å². The summed E-state index contributed by atoms with van der Waals surface area (Å²) in [5.74, 6) is -0.232. The van der Waals surface area contributed by atoms with E-state index in [1.165, 1.54) is 24.7 Å². The number of carbonyl (C=O) groups excluding carboxylic acids is 1. The van der Waals surface area contributed by atoms with Crippen molar-refractivity contribution < 1.29 is 17.6 Å². The Bertz CT molecular complexity index is 1240. The van der Waals surface area contributed by atoms with E-state index < -0.39 is 15.7 Å². The van der Waals surface area contributed by atoms with Crippen molar-refractivity contribution in [2.75, 3.05) is 0 Å². The van der Waals surface area contributed by atoms with Crippen LogP contribution in [-0.4, -0.2) is 34.5 Å². The average molecular weight is 411 g/mol. The van der Waals surface area contributed by atoms with Gasteiger partial charge in [-0.05, 0) is 30.7 Å². The highest BCUT2D eigenvalue weighted by molar-refractivity contribution is 7.91. The van der Waals surface area contributed by atoms with Crippen LogP contribution in [0.3, 0.4) is 0 Å². The Kier molecular flexibility index (Phi) is 4.85. The summed E-state index contributed by atoms with van der Waals surface area (Å²) in [5, 5.41) is 10.0. The summed E-state index contributed by atoms with van der Waals surface area (Å²) in [4.78, 5) is 20.6. The molecule has 0 aliphatic rings. The normalized spacial score (nSPS) is 11.6. The fraction of sp³-hybridized carbons (Fsp3) is 0.158. The van der Waals surface area contributed by atoms with Gasteiger partial charge in [0.15, 0.2) is 11.3 Å². The van der Waals surface area contributed by atoms with Crippen molar-refractivity contribution in [3.63, 3.8) is 0 Å². The van der Waals surface area contributed by atoms with Crippen LogP contribution >= 0.6 is 0 Å². The highest BCUT2D eigenvalue weighted by Gasteiger charge is 2.23. The van der Waals surface area contributed by atoms with E-state index in [1.54, 1.807) is 24.4 Å². The maximum Gasteiger partial charge on any atom is 0.287 e. The van der Waals surface area contributed by atoms with Crippen LogP contribution in [0.5, 0.6) is 0 Å². The lowest BCUT2D eigenvalue weighted by Crippen LogP contribution is -2.22. The summed E-state index contributed by atoms with van der Waals surface area (Å²) in [5.41, 5.74) is 1.51. The number of amides is 1. The van der Waals surface area contributed by atoms with Crippen molar-refractivity contribution in [1.29, 1.82) is 0 Å². The minimum Gasteiger partial charge on any atom is -0.449 e. The Morgan fingerprint density at radius 1 is 1.24 bits per heavy atom. The van der Waals surface area contributed by atoms with Crippen molar-refractivity contribution >= 4 is 26.7 Å². The first kappa shape index (κ1) is 18.8. The third-order valence-electron chi connectivity index (χ3n) is 4.39. The van der Waals surface area contributed by atoms with E-state index in [0.717, 1.165) is 5.39 Å². The van der Waals surface area contributed by atoms with Crippen LogP contribution in [0.2, 0.25) is 0 Å². The molecule has 4 aromatic rings. The number of rotatable bonds is 6. The van der Waals surface area contributed by atoms with Gasteiger partial charge < -0.3 is 9.73 Å². The minimum absolute atomic E-state index is 0.0634. The van der Waals surface area contributed by atoms with Gasteiger partial charge in [0.25, 0.3) is 5.91 Å². The van der Waals surface area contributed by atoms with Crippen LogP contribution < -0.4 is 5.32 Å². The van der Waals surface area contributed by atoms with Crippen molar-refractivity contribution in [3.8, 4) is 0 Å². The van der Waals surface area contributed by atoms with Gasteiger partial charge in [0, 0.05) is 24.0 Å². The fourth-order valence-electron chi connectivity index (χ4n) is 2.85. The Balaban J connectivity index is 1.46. The topological polar surface area (TPSA) is 131 Å². The van der Waals surface area contributed by atoms with E-state index in [0.29, 0.717) is 23.4 Å². The number of hydrogen-bond acceptors (Lipinski definition) is 7. The first-order chi connectivity index (χ1) is 14.0. The molecule has 4 aromatic heterocycles. The second-order valence-electron chi connectivity index (χ2n) is 6.25. The molecule has 148 valence electrons. The molecule has 0 atom stereocenters. The molecule has 0 saturated carbocycles. The number of H-pyrrole nitrogens is 1. The lowest BCUT2D eigenvalue weighted by atomic mass is 10.3. The van der Waals surface area contributed by atoms with Gasteiger partial charge in [-0.15, -0.1) is 0 Å². The van der Waals surface area contributed by atoms with E-state index in [-0.39, 0.29) is 22.1 Å². The number of aromatic nitrogens is 4. The molecule has 29 heavy (non-hydrogen) atoms. The van der Waals surface area contributed by atoms with E-state index in [9.17, 15) is 13.2 Å². The molecular weight excluding hydrogens is 394 g/mol. The number of nitrogens with one attached hydrogen (secondary N) is 2. The van der Waals surface area contributed by atoms with E-state index in [4.69, 9.17) is 4.42 Å². The van der Waals surface area contributed by atoms with Crippen molar-refractivity contribution in [3.05, 3.63) is 66.2 Å². The zero-order valence-corrected chi connectivity index (χ0v) is 16.2. The van der Waals surface area contributed by atoms with Gasteiger partial charge in [0.05, 0.1) is 29.0 Å². The molecule has 0 spiro atoms. The number of pyridine rings is 2. The van der Waals surface area contributed by atoms with Crippen LogP contribution in [0.1, 0.15) is 28.9 Å². The molecule has 1 amide bonds. The zero-order valence-electron chi connectivity index (χ0n) is 15.4. The van der Waals surface area contributed by atoms with Crippen LogP contribution in [-0.2, 0) is 22.8 Å². The molecule has 10 heteroatoms. The monoisotopic (exact) mass is 411 g/mol. The summed E-state index contributed by atoms with van der Waals surface area (Å²) < 4.78 is 30.9. The molecule has 2 N–H and O–H groups in total. The molecule has 0 aliphatic carbocycles. The van der Waals surface area contributed by atoms with Crippen LogP contribution in [0.4, 0.5) is 0 Å². The molecule has 0 unspecified atom stereocenters. The number of nitrogens with zero attached hydrogens (tertiary/aromatic N) is 3. The molecule has 4 rings (SSSR count). The standard InChI is InChI=1S/C19H17N5O4S/c1-2-15-18(11-23-24-15)29(26,27)14-4-3-13(21-9-14)8-22-19(25)16-7-12-5-6-20-10-17(12)28-16/h3-7,9-11H,2,8H2,1H3,(H,22,25)(H,23,24). The first-order valence-corrected chi connectivity index (χ1v) is 10.3. The molecule has 0 fully saturated rings. The zero-order chi connectivity index (χ0) is 20.4. The Morgan fingerprint density at radius 2 is 2.10 bits per heavy atom. The smallest absolute Gasteiger partial charge is 0.287 e. The second kappa shape index (κ2) is 7.47. The summed E-state index contributed by atoms with van der Waals surface area (Å²) in [6, 6.07) is 6.40. The maximum absolute atomic E-state index is 12.7. The lowest BCUT2D eigenvalue weighted by molar-refractivity contribution is 0.0925. The first-order valence-electron chi connectivity index (χ1n) is 8.83. The number of carbonyl (C=O) groups is 1. The molecule has 9 nitrogen and oxygen atoms in total. The number of furan rings is 1. The molecule has 4 heterocycles. The van der Waals surface area contributed by atoms with Gasteiger partial charge in [-0.25, -0.2) is 8.42 Å². The van der Waals surface area contributed by atoms with Gasteiger partial charge in [0.2, 0.25) is 9.84 Å². The Hall–Kier alpha value is -3.53. The quantitative estimate of drug-likeness (QED) is 0.497. The summed E-state index contributed by atoms with van der Waals surface area (Å²) in [7, 11) is -3.71. The number of aromatic amines is 1.